The first-order valence-electron chi connectivity index (χ1n) is 6.09. The molecule has 9 nitrogen and oxygen atoms in total. The summed E-state index contributed by atoms with van der Waals surface area (Å²) in [6.07, 6.45) is -2.01. The fraction of sp³-hybridized carbons (Fsp3) is 0.364. The molecule has 2 atom stereocenters. The molecule has 0 fully saturated rings. The quantitative estimate of drug-likeness (QED) is 0.318. The second kappa shape index (κ2) is 7.04. The minimum Gasteiger partial charge on any atom is -0.445 e. The van der Waals surface area contributed by atoms with E-state index in [1.165, 1.54) is 0 Å². The molecule has 120 valence electrons. The first-order valence-corrected chi connectivity index (χ1v) is 7.22. The molecule has 0 aromatic heterocycles. The summed E-state index contributed by atoms with van der Waals surface area (Å²) in [5.41, 5.74) is 18.3. The molecule has 1 aliphatic heterocycles. The van der Waals surface area contributed by atoms with E-state index in [1.807, 2.05) is 0 Å². The highest BCUT2D eigenvalue weighted by atomic mass is 35.6. The van der Waals surface area contributed by atoms with Crippen molar-refractivity contribution in [3.05, 3.63) is 50.7 Å². The number of para-hydroxylation sites is 1. The number of azide groups is 2. The lowest BCUT2D eigenvalue weighted by Gasteiger charge is -2.23. The highest BCUT2D eigenvalue weighted by molar-refractivity contribution is 6.67. The van der Waals surface area contributed by atoms with E-state index in [9.17, 15) is 4.79 Å². The predicted molar refractivity (Wildman–Crippen MR) is 85.4 cm³/mol. The van der Waals surface area contributed by atoms with Crippen LogP contribution in [0.25, 0.3) is 20.9 Å². The van der Waals surface area contributed by atoms with Gasteiger partial charge in [0, 0.05) is 9.82 Å². The first-order chi connectivity index (χ1) is 10.9. The van der Waals surface area contributed by atoms with E-state index in [1.54, 1.807) is 24.3 Å². The van der Waals surface area contributed by atoms with Crippen LogP contribution in [0.15, 0.2) is 34.5 Å². The van der Waals surface area contributed by atoms with Crippen molar-refractivity contribution < 1.29 is 9.53 Å². The number of carbonyl (C=O) groups is 1. The van der Waals surface area contributed by atoms with Crippen LogP contribution < -0.4 is 4.90 Å². The number of halogens is 3. The van der Waals surface area contributed by atoms with Gasteiger partial charge in [-0.05, 0) is 22.7 Å². The van der Waals surface area contributed by atoms with E-state index < -0.39 is 28.7 Å². The van der Waals surface area contributed by atoms with Gasteiger partial charge < -0.3 is 4.74 Å². The van der Waals surface area contributed by atoms with Gasteiger partial charge in [0.1, 0.15) is 12.8 Å². The Balaban J connectivity index is 2.41. The number of alkyl halides is 3. The highest BCUT2D eigenvalue weighted by Gasteiger charge is 2.42. The van der Waals surface area contributed by atoms with Crippen LogP contribution in [0.5, 0.6) is 0 Å². The van der Waals surface area contributed by atoms with Crippen LogP contribution in [0.1, 0.15) is 11.6 Å². The van der Waals surface area contributed by atoms with Gasteiger partial charge in [0.05, 0.1) is 11.7 Å². The maximum absolute atomic E-state index is 12.3. The van der Waals surface area contributed by atoms with Crippen molar-refractivity contribution in [2.45, 2.75) is 16.0 Å². The maximum Gasteiger partial charge on any atom is 0.414 e. The summed E-state index contributed by atoms with van der Waals surface area (Å²) in [6, 6.07) is 5.73. The number of anilines is 1. The van der Waals surface area contributed by atoms with E-state index >= 15 is 0 Å². The Kier molecular flexibility index (Phi) is 5.30. The lowest BCUT2D eigenvalue weighted by molar-refractivity contribution is 0.153. The van der Waals surface area contributed by atoms with Gasteiger partial charge in [0.25, 0.3) is 0 Å². The fourth-order valence-electron chi connectivity index (χ4n) is 2.17. The van der Waals surface area contributed by atoms with Gasteiger partial charge in [0.15, 0.2) is 0 Å². The van der Waals surface area contributed by atoms with Gasteiger partial charge in [-0.15, -0.1) is 0 Å². The third kappa shape index (κ3) is 3.85. The zero-order valence-electron chi connectivity index (χ0n) is 11.3. The van der Waals surface area contributed by atoms with Crippen LogP contribution in [-0.2, 0) is 4.74 Å². The number of hydrogen-bond donors (Lipinski definition) is 0. The lowest BCUT2D eigenvalue weighted by atomic mass is 10.1. The molecule has 0 N–H and O–H groups in total. The van der Waals surface area contributed by atoms with Crippen LogP contribution >= 0.6 is 34.8 Å². The minimum absolute atomic E-state index is 0.386. The molecule has 1 aliphatic rings. The Morgan fingerprint density at radius 1 is 1.26 bits per heavy atom. The number of benzene rings is 1. The Labute approximate surface area is 144 Å². The standard InChI is InChI=1S/C11H8Cl3N7O2/c12-11(13,14)5-23-10(22)21-7-4-2-1-3-6(7)8(17-19-15)9(21)18-20-16/h1-4,8-9H,5H2/t8-,9-/m0/s1. The zero-order valence-corrected chi connectivity index (χ0v) is 13.5. The smallest absolute Gasteiger partial charge is 0.414 e. The number of hydrogen-bond acceptors (Lipinski definition) is 4. The Morgan fingerprint density at radius 3 is 2.52 bits per heavy atom. The average molecular weight is 377 g/mol. The van der Waals surface area contributed by atoms with Crippen molar-refractivity contribution in [1.29, 1.82) is 0 Å². The Bertz CT molecular complexity index is 710. The van der Waals surface area contributed by atoms with E-state index in [2.05, 4.69) is 20.1 Å². The van der Waals surface area contributed by atoms with Gasteiger partial charge in [-0.25, -0.2) is 4.79 Å². The molecule has 1 aromatic carbocycles. The number of carbonyl (C=O) groups excluding carboxylic acids is 1. The number of fused-ring (bicyclic) bond motifs is 1. The van der Waals surface area contributed by atoms with Gasteiger partial charge in [-0.1, -0.05) is 63.2 Å². The Hall–Kier alpha value is -2.02. The second-order valence-electron chi connectivity index (χ2n) is 4.37. The second-order valence-corrected chi connectivity index (χ2v) is 6.88. The maximum atomic E-state index is 12.3. The molecule has 0 unspecified atom stereocenters. The van der Waals surface area contributed by atoms with E-state index in [4.69, 9.17) is 50.6 Å². The van der Waals surface area contributed by atoms with Crippen LogP contribution in [0.4, 0.5) is 10.5 Å². The Morgan fingerprint density at radius 2 is 1.91 bits per heavy atom. The zero-order chi connectivity index (χ0) is 17.0. The lowest BCUT2D eigenvalue weighted by Crippen LogP contribution is -2.39. The third-order valence-electron chi connectivity index (χ3n) is 2.96. The molecule has 12 heteroatoms. The summed E-state index contributed by atoms with van der Waals surface area (Å²) in [4.78, 5) is 18.8. The van der Waals surface area contributed by atoms with Gasteiger partial charge >= 0.3 is 6.09 Å². The predicted octanol–water partition coefficient (Wildman–Crippen LogP) is 5.00. The van der Waals surface area contributed by atoms with Crippen LogP contribution in [0.2, 0.25) is 0 Å². The molecule has 1 amide bonds. The summed E-state index contributed by atoms with van der Waals surface area (Å²) in [5, 5.41) is 7.12. The topological polar surface area (TPSA) is 127 Å². The van der Waals surface area contributed by atoms with Crippen molar-refractivity contribution >= 4 is 46.6 Å². The minimum atomic E-state index is -1.78. The molecule has 2 rings (SSSR count). The van der Waals surface area contributed by atoms with E-state index in [0.717, 1.165) is 4.90 Å². The summed E-state index contributed by atoms with van der Waals surface area (Å²) >= 11 is 16.6. The molecular formula is C11H8Cl3N7O2. The molecule has 0 aliphatic carbocycles. The number of ether oxygens (including phenoxy) is 1. The van der Waals surface area contributed by atoms with Crippen molar-refractivity contribution in [2.24, 2.45) is 10.2 Å². The molecular weight excluding hydrogens is 369 g/mol. The molecule has 0 radical (unpaired) electrons. The van der Waals surface area contributed by atoms with E-state index in [0.29, 0.717) is 11.3 Å². The third-order valence-corrected chi connectivity index (χ3v) is 3.29. The van der Waals surface area contributed by atoms with E-state index in [-0.39, 0.29) is 0 Å². The average Bonchev–Trinajstić information content (AvgIpc) is 2.79. The van der Waals surface area contributed by atoms with Crippen molar-refractivity contribution in [2.75, 3.05) is 11.5 Å². The molecule has 0 saturated heterocycles. The first kappa shape index (κ1) is 17.3. The molecule has 23 heavy (non-hydrogen) atoms. The molecule has 0 spiro atoms. The SMILES string of the molecule is [N-]=[N+]=N[C@@H]1[C@@H](N=[N+]=[N-])c2ccccc2N1C(=O)OCC(Cl)(Cl)Cl. The van der Waals surface area contributed by atoms with Gasteiger partial charge in [0.2, 0.25) is 3.79 Å². The number of rotatable bonds is 3. The summed E-state index contributed by atoms with van der Waals surface area (Å²) in [7, 11) is 0. The van der Waals surface area contributed by atoms with Crippen LogP contribution in [-0.4, -0.2) is 22.7 Å². The normalized spacial score (nSPS) is 19.3. The molecule has 0 bridgehead atoms. The highest BCUT2D eigenvalue weighted by Crippen LogP contribution is 2.43. The van der Waals surface area contributed by atoms with Crippen molar-refractivity contribution in [3.63, 3.8) is 0 Å². The summed E-state index contributed by atoms with van der Waals surface area (Å²) in [6.45, 7) is -0.496. The summed E-state index contributed by atoms with van der Waals surface area (Å²) in [5.74, 6) is 0. The van der Waals surface area contributed by atoms with Crippen LogP contribution in [0.3, 0.4) is 0 Å². The largest absolute Gasteiger partial charge is 0.445 e. The van der Waals surface area contributed by atoms with Gasteiger partial charge in [-0.2, -0.15) is 0 Å². The number of nitrogens with zero attached hydrogens (tertiary/aromatic N) is 7. The van der Waals surface area contributed by atoms with Crippen molar-refractivity contribution in [3.8, 4) is 0 Å². The van der Waals surface area contributed by atoms with Crippen LogP contribution in [0, 0.1) is 0 Å². The monoisotopic (exact) mass is 375 g/mol. The number of amides is 1. The summed E-state index contributed by atoms with van der Waals surface area (Å²) < 4.78 is 3.14. The molecule has 1 heterocycles. The van der Waals surface area contributed by atoms with Crippen molar-refractivity contribution in [1.82, 2.24) is 0 Å². The molecule has 0 saturated carbocycles. The molecule has 1 aromatic rings. The fourth-order valence-corrected chi connectivity index (χ4v) is 2.33. The van der Waals surface area contributed by atoms with Gasteiger partial charge in [-0.3, -0.25) is 4.90 Å².